The molecule has 0 saturated heterocycles. The van der Waals surface area contributed by atoms with E-state index in [-0.39, 0.29) is 24.3 Å². The van der Waals surface area contributed by atoms with E-state index in [4.69, 9.17) is 0 Å². The van der Waals surface area contributed by atoms with Crippen LogP contribution in [0.25, 0.3) is 0 Å². The van der Waals surface area contributed by atoms with Crippen molar-refractivity contribution in [1.82, 2.24) is 9.62 Å². The Bertz CT molecular complexity index is 899. The third-order valence-electron chi connectivity index (χ3n) is 4.47. The number of halogens is 1. The van der Waals surface area contributed by atoms with E-state index in [0.29, 0.717) is 19.5 Å². The molecule has 3 rings (SSSR count). The van der Waals surface area contributed by atoms with Gasteiger partial charge in [0.25, 0.3) is 5.91 Å². The van der Waals surface area contributed by atoms with Gasteiger partial charge >= 0.3 is 0 Å². The molecule has 2 aromatic carbocycles. The molecule has 0 unspecified atom stereocenters. The molecule has 0 aliphatic carbocycles. The molecule has 7 heteroatoms. The van der Waals surface area contributed by atoms with Crippen LogP contribution in [0.1, 0.15) is 27.9 Å². The van der Waals surface area contributed by atoms with Crippen molar-refractivity contribution in [1.29, 1.82) is 0 Å². The van der Waals surface area contributed by atoms with E-state index >= 15 is 0 Å². The van der Waals surface area contributed by atoms with Crippen LogP contribution in [0.2, 0.25) is 0 Å². The SMILES string of the molecule is O=C(NCCCS(=O)(=O)N1CCc2ccccc2C1)c1ccccc1F. The van der Waals surface area contributed by atoms with Crippen molar-refractivity contribution in [3.63, 3.8) is 0 Å². The zero-order valence-electron chi connectivity index (χ0n) is 14.3. The van der Waals surface area contributed by atoms with Gasteiger partial charge in [0.1, 0.15) is 5.82 Å². The number of rotatable bonds is 6. The first-order chi connectivity index (χ1) is 12.5. The second-order valence-electron chi connectivity index (χ2n) is 6.26. The quantitative estimate of drug-likeness (QED) is 0.787. The second kappa shape index (κ2) is 7.97. The Balaban J connectivity index is 1.50. The van der Waals surface area contributed by atoms with Gasteiger partial charge in [0.05, 0.1) is 11.3 Å². The van der Waals surface area contributed by atoms with E-state index < -0.39 is 21.7 Å². The van der Waals surface area contributed by atoms with Gasteiger partial charge in [-0.25, -0.2) is 12.8 Å². The molecule has 26 heavy (non-hydrogen) atoms. The normalized spacial score (nSPS) is 14.7. The van der Waals surface area contributed by atoms with Gasteiger partial charge in [0.2, 0.25) is 10.0 Å². The zero-order valence-corrected chi connectivity index (χ0v) is 15.1. The summed E-state index contributed by atoms with van der Waals surface area (Å²) >= 11 is 0. The third kappa shape index (κ3) is 4.28. The van der Waals surface area contributed by atoms with E-state index in [2.05, 4.69) is 5.32 Å². The fourth-order valence-corrected chi connectivity index (χ4v) is 4.51. The number of nitrogens with one attached hydrogen (secondary N) is 1. The van der Waals surface area contributed by atoms with Gasteiger partial charge in [-0.3, -0.25) is 4.79 Å². The molecule has 1 heterocycles. The van der Waals surface area contributed by atoms with Crippen molar-refractivity contribution < 1.29 is 17.6 Å². The average molecular weight is 376 g/mol. The summed E-state index contributed by atoms with van der Waals surface area (Å²) in [7, 11) is -3.39. The Morgan fingerprint density at radius 1 is 1.08 bits per heavy atom. The number of benzene rings is 2. The van der Waals surface area contributed by atoms with Gasteiger partial charge in [0, 0.05) is 19.6 Å². The van der Waals surface area contributed by atoms with Gasteiger partial charge in [0.15, 0.2) is 0 Å². The summed E-state index contributed by atoms with van der Waals surface area (Å²) in [6, 6.07) is 13.5. The molecule has 0 bridgehead atoms. The molecule has 138 valence electrons. The van der Waals surface area contributed by atoms with Crippen LogP contribution >= 0.6 is 0 Å². The van der Waals surface area contributed by atoms with Gasteiger partial charge < -0.3 is 5.32 Å². The number of sulfonamides is 1. The predicted molar refractivity (Wildman–Crippen MR) is 97.7 cm³/mol. The van der Waals surface area contributed by atoms with Crippen LogP contribution < -0.4 is 5.32 Å². The number of carbonyl (C=O) groups is 1. The Morgan fingerprint density at radius 2 is 1.77 bits per heavy atom. The van der Waals surface area contributed by atoms with E-state index in [9.17, 15) is 17.6 Å². The number of nitrogens with zero attached hydrogens (tertiary/aromatic N) is 1. The van der Waals surface area contributed by atoms with Crippen LogP contribution in [-0.2, 0) is 23.0 Å². The van der Waals surface area contributed by atoms with E-state index in [1.54, 1.807) is 6.07 Å². The molecule has 1 aliphatic heterocycles. The highest BCUT2D eigenvalue weighted by Crippen LogP contribution is 2.21. The number of hydrogen-bond donors (Lipinski definition) is 1. The lowest BCUT2D eigenvalue weighted by atomic mass is 10.0. The van der Waals surface area contributed by atoms with E-state index in [1.165, 1.54) is 28.1 Å². The lowest BCUT2D eigenvalue weighted by Gasteiger charge is -2.28. The fraction of sp³-hybridized carbons (Fsp3) is 0.316. The Hall–Kier alpha value is -2.25. The molecule has 2 aromatic rings. The van der Waals surface area contributed by atoms with Crippen LogP contribution in [0, 0.1) is 5.82 Å². The van der Waals surface area contributed by atoms with Crippen molar-refractivity contribution in [3.05, 3.63) is 71.0 Å². The molecular weight excluding hydrogens is 355 g/mol. The first-order valence-electron chi connectivity index (χ1n) is 8.55. The molecule has 5 nitrogen and oxygen atoms in total. The lowest BCUT2D eigenvalue weighted by Crippen LogP contribution is -2.38. The summed E-state index contributed by atoms with van der Waals surface area (Å²) in [5, 5.41) is 2.57. The predicted octanol–water partition coefficient (Wildman–Crippen LogP) is 2.33. The topological polar surface area (TPSA) is 66.5 Å². The summed E-state index contributed by atoms with van der Waals surface area (Å²) in [4.78, 5) is 11.9. The standard InChI is InChI=1S/C19H21FN2O3S/c20-18-9-4-3-8-17(18)19(23)21-11-5-13-26(24,25)22-12-10-15-6-1-2-7-16(15)14-22/h1-4,6-9H,5,10-14H2,(H,21,23). The lowest BCUT2D eigenvalue weighted by molar-refractivity contribution is 0.0949. The number of fused-ring (bicyclic) bond motifs is 1. The highest BCUT2D eigenvalue weighted by Gasteiger charge is 2.26. The molecule has 0 fully saturated rings. The largest absolute Gasteiger partial charge is 0.352 e. The Kier molecular flexibility index (Phi) is 5.68. The summed E-state index contributed by atoms with van der Waals surface area (Å²) in [6.45, 7) is 1.04. The summed E-state index contributed by atoms with van der Waals surface area (Å²) < 4.78 is 40.1. The van der Waals surface area contributed by atoms with Crippen molar-refractivity contribution in [3.8, 4) is 0 Å². The maximum Gasteiger partial charge on any atom is 0.254 e. The molecule has 1 aliphatic rings. The van der Waals surface area contributed by atoms with Gasteiger partial charge in [-0.2, -0.15) is 4.31 Å². The maximum atomic E-state index is 13.5. The molecule has 0 saturated carbocycles. The molecule has 0 aromatic heterocycles. The number of carbonyl (C=O) groups excluding carboxylic acids is 1. The van der Waals surface area contributed by atoms with Crippen LogP contribution in [0.3, 0.4) is 0 Å². The van der Waals surface area contributed by atoms with Crippen LogP contribution in [-0.4, -0.2) is 37.5 Å². The smallest absolute Gasteiger partial charge is 0.254 e. The van der Waals surface area contributed by atoms with Crippen LogP contribution in [0.5, 0.6) is 0 Å². The van der Waals surface area contributed by atoms with Gasteiger partial charge in [-0.05, 0) is 36.1 Å². The first kappa shape index (κ1) is 18.5. The van der Waals surface area contributed by atoms with Crippen molar-refractivity contribution >= 4 is 15.9 Å². The van der Waals surface area contributed by atoms with Crippen LogP contribution in [0.4, 0.5) is 4.39 Å². The summed E-state index contributed by atoms with van der Waals surface area (Å²) in [6.07, 6.45) is 0.986. The first-order valence-corrected chi connectivity index (χ1v) is 10.2. The molecule has 1 N–H and O–H groups in total. The van der Waals surface area contributed by atoms with Gasteiger partial charge in [-0.1, -0.05) is 36.4 Å². The fourth-order valence-electron chi connectivity index (χ4n) is 3.03. The van der Waals surface area contributed by atoms with Crippen molar-refractivity contribution in [2.45, 2.75) is 19.4 Å². The second-order valence-corrected chi connectivity index (χ2v) is 8.35. The Labute approximate surface area is 152 Å². The molecule has 1 amide bonds. The minimum absolute atomic E-state index is 0.0389. The summed E-state index contributed by atoms with van der Waals surface area (Å²) in [5.41, 5.74) is 2.19. The zero-order chi connectivity index (χ0) is 18.6. The minimum atomic E-state index is -3.39. The van der Waals surface area contributed by atoms with Crippen LogP contribution in [0.15, 0.2) is 48.5 Å². The highest BCUT2D eigenvalue weighted by atomic mass is 32.2. The third-order valence-corrected chi connectivity index (χ3v) is 6.38. The highest BCUT2D eigenvalue weighted by molar-refractivity contribution is 7.89. The molecule has 0 atom stereocenters. The monoisotopic (exact) mass is 376 g/mol. The maximum absolute atomic E-state index is 13.5. The molecular formula is C19H21FN2O3S. The van der Waals surface area contributed by atoms with Gasteiger partial charge in [-0.15, -0.1) is 0 Å². The Morgan fingerprint density at radius 3 is 2.54 bits per heavy atom. The van der Waals surface area contributed by atoms with Crippen molar-refractivity contribution in [2.75, 3.05) is 18.8 Å². The number of amides is 1. The van der Waals surface area contributed by atoms with E-state index in [1.807, 2.05) is 24.3 Å². The molecule has 0 spiro atoms. The number of hydrogen-bond acceptors (Lipinski definition) is 3. The molecule has 0 radical (unpaired) electrons. The van der Waals surface area contributed by atoms with Crippen molar-refractivity contribution in [2.24, 2.45) is 0 Å². The minimum Gasteiger partial charge on any atom is -0.352 e. The van der Waals surface area contributed by atoms with E-state index in [0.717, 1.165) is 5.56 Å². The average Bonchev–Trinajstić information content (AvgIpc) is 2.65. The summed E-state index contributed by atoms with van der Waals surface area (Å²) in [5.74, 6) is -1.18.